The fourth-order valence-electron chi connectivity index (χ4n) is 5.35. The molecule has 7 nitrogen and oxygen atoms in total. The molecule has 0 spiro atoms. The monoisotopic (exact) mass is 588 g/mol. The van der Waals surface area contributed by atoms with Crippen LogP contribution >= 0.6 is 22.9 Å². The molecule has 0 radical (unpaired) electrons. The lowest BCUT2D eigenvalue weighted by Crippen LogP contribution is -2.29. The van der Waals surface area contributed by atoms with Crippen molar-refractivity contribution >= 4 is 55.7 Å². The van der Waals surface area contributed by atoms with E-state index < -0.39 is 17.7 Å². The lowest BCUT2D eigenvalue weighted by atomic mass is 9.94. The first-order valence-electron chi connectivity index (χ1n) is 13.7. The zero-order valence-electron chi connectivity index (χ0n) is 22.7. The van der Waals surface area contributed by atoms with Gasteiger partial charge in [0.25, 0.3) is 5.78 Å². The number of unbranched alkanes of at least 4 members (excludes halogenated alkanes) is 2. The molecular weight excluding hydrogens is 560 g/mol. The van der Waals surface area contributed by atoms with Crippen molar-refractivity contribution < 1.29 is 24.2 Å². The van der Waals surface area contributed by atoms with E-state index in [-0.39, 0.29) is 17.4 Å². The van der Waals surface area contributed by atoms with Gasteiger partial charge in [-0.1, -0.05) is 54.8 Å². The van der Waals surface area contributed by atoms with Gasteiger partial charge in [0.05, 0.1) is 28.4 Å². The van der Waals surface area contributed by atoms with Gasteiger partial charge in [-0.05, 0) is 73.0 Å². The van der Waals surface area contributed by atoms with Crippen LogP contribution in [0.3, 0.4) is 0 Å². The van der Waals surface area contributed by atoms with E-state index in [1.165, 1.54) is 16.2 Å². The molecule has 6 rings (SSSR count). The maximum atomic E-state index is 13.6. The molecule has 3 heterocycles. The molecule has 0 aliphatic carbocycles. The van der Waals surface area contributed by atoms with Crippen LogP contribution in [0.1, 0.15) is 55.8 Å². The lowest BCUT2D eigenvalue weighted by Gasteiger charge is -2.23. The third-order valence-electron chi connectivity index (χ3n) is 7.37. The Morgan fingerprint density at radius 2 is 1.93 bits per heavy atom. The second kappa shape index (κ2) is 11.2. The van der Waals surface area contributed by atoms with E-state index in [1.807, 2.05) is 37.3 Å². The topological polar surface area (TPSA) is 89.0 Å². The minimum atomic E-state index is -0.886. The number of carbonyl (C=O) groups excluding carboxylic acids is 2. The molecule has 0 saturated carbocycles. The standard InChI is InChI=1S/C32H29ClN2O5S/c1-3-4-5-14-39-23-10-6-19(7-11-23)28-27(29(36)20-8-13-25-21(16-20)15-18(2)40-25)30(37)31(38)35(28)32-34-24-12-9-22(33)17-26(24)41-32/h6-13,16-18,28,36H,3-5,14-15H2,1-2H3/t18-,28-/m0/s1. The number of amides is 1. The largest absolute Gasteiger partial charge is 0.507 e. The van der Waals surface area contributed by atoms with Crippen LogP contribution in [0.4, 0.5) is 5.13 Å². The van der Waals surface area contributed by atoms with Crippen molar-refractivity contribution in [1.82, 2.24) is 4.98 Å². The molecule has 210 valence electrons. The van der Waals surface area contributed by atoms with E-state index in [9.17, 15) is 14.7 Å². The van der Waals surface area contributed by atoms with Crippen LogP contribution in [-0.2, 0) is 16.0 Å². The average Bonchev–Trinajstić information content (AvgIpc) is 3.63. The maximum Gasteiger partial charge on any atom is 0.301 e. The number of aliphatic hydroxyl groups excluding tert-OH is 1. The third-order valence-corrected chi connectivity index (χ3v) is 8.62. The number of benzene rings is 3. The van der Waals surface area contributed by atoms with E-state index in [1.54, 1.807) is 30.3 Å². The van der Waals surface area contributed by atoms with E-state index >= 15 is 0 Å². The molecule has 1 N–H and O–H groups in total. The minimum absolute atomic E-state index is 0.0100. The summed E-state index contributed by atoms with van der Waals surface area (Å²) in [6.07, 6.45) is 3.89. The zero-order chi connectivity index (χ0) is 28.7. The molecule has 1 amide bonds. The van der Waals surface area contributed by atoms with Crippen molar-refractivity contribution in [3.8, 4) is 11.5 Å². The Morgan fingerprint density at radius 1 is 1.12 bits per heavy atom. The molecule has 4 aromatic rings. The number of aliphatic hydroxyl groups is 1. The van der Waals surface area contributed by atoms with Crippen LogP contribution in [0.2, 0.25) is 5.02 Å². The second-order valence-corrected chi connectivity index (χ2v) is 11.8. The van der Waals surface area contributed by atoms with Crippen molar-refractivity contribution in [2.45, 2.75) is 51.7 Å². The Labute approximate surface area is 247 Å². The van der Waals surface area contributed by atoms with Crippen molar-refractivity contribution in [2.75, 3.05) is 11.5 Å². The van der Waals surface area contributed by atoms with Gasteiger partial charge in [-0.15, -0.1) is 0 Å². The Bertz CT molecular complexity index is 1680. The summed E-state index contributed by atoms with van der Waals surface area (Å²) in [5.41, 5.74) is 2.73. The van der Waals surface area contributed by atoms with Crippen LogP contribution in [0.15, 0.2) is 66.2 Å². The number of thiazole rings is 1. The predicted molar refractivity (Wildman–Crippen MR) is 161 cm³/mol. The van der Waals surface area contributed by atoms with Gasteiger partial charge in [-0.2, -0.15) is 0 Å². The van der Waals surface area contributed by atoms with Crippen LogP contribution in [-0.4, -0.2) is 34.5 Å². The average molecular weight is 589 g/mol. The smallest absolute Gasteiger partial charge is 0.301 e. The molecular formula is C32H29ClN2O5S. The van der Waals surface area contributed by atoms with Gasteiger partial charge in [-0.3, -0.25) is 14.5 Å². The summed E-state index contributed by atoms with van der Waals surface area (Å²) < 4.78 is 12.5. The fourth-order valence-corrected chi connectivity index (χ4v) is 6.62. The Kier molecular flexibility index (Phi) is 7.45. The van der Waals surface area contributed by atoms with Crippen molar-refractivity contribution in [3.63, 3.8) is 0 Å². The van der Waals surface area contributed by atoms with Gasteiger partial charge in [0, 0.05) is 17.0 Å². The highest BCUT2D eigenvalue weighted by atomic mass is 35.5. The van der Waals surface area contributed by atoms with Crippen LogP contribution in [0.25, 0.3) is 16.0 Å². The number of ether oxygens (including phenoxy) is 2. The number of ketones is 1. The number of rotatable bonds is 8. The number of carbonyl (C=O) groups is 2. The fraction of sp³-hybridized carbons (Fsp3) is 0.281. The van der Waals surface area contributed by atoms with Gasteiger partial charge < -0.3 is 14.6 Å². The van der Waals surface area contributed by atoms with Crippen LogP contribution in [0, 0.1) is 0 Å². The van der Waals surface area contributed by atoms with Gasteiger partial charge in [0.2, 0.25) is 0 Å². The summed E-state index contributed by atoms with van der Waals surface area (Å²) in [7, 11) is 0. The number of aromatic nitrogens is 1. The molecule has 2 aliphatic heterocycles. The predicted octanol–water partition coefficient (Wildman–Crippen LogP) is 7.47. The van der Waals surface area contributed by atoms with Crippen LogP contribution < -0.4 is 14.4 Å². The van der Waals surface area contributed by atoms with Gasteiger partial charge in [-0.25, -0.2) is 4.98 Å². The maximum absolute atomic E-state index is 13.6. The van der Waals surface area contributed by atoms with Crippen molar-refractivity contribution in [1.29, 1.82) is 0 Å². The summed E-state index contributed by atoms with van der Waals surface area (Å²) in [6, 6.07) is 17.0. The number of anilines is 1. The van der Waals surface area contributed by atoms with E-state index in [2.05, 4.69) is 11.9 Å². The minimum Gasteiger partial charge on any atom is -0.507 e. The first-order chi connectivity index (χ1) is 19.8. The third kappa shape index (κ3) is 5.18. The molecule has 9 heteroatoms. The lowest BCUT2D eigenvalue weighted by molar-refractivity contribution is -0.132. The molecule has 41 heavy (non-hydrogen) atoms. The summed E-state index contributed by atoms with van der Waals surface area (Å²) in [5, 5.41) is 12.5. The summed E-state index contributed by atoms with van der Waals surface area (Å²) in [4.78, 5) is 33.3. The number of fused-ring (bicyclic) bond motifs is 2. The molecule has 2 atom stereocenters. The Morgan fingerprint density at radius 3 is 2.71 bits per heavy atom. The Balaban J connectivity index is 1.44. The quantitative estimate of drug-likeness (QED) is 0.0994. The first-order valence-corrected chi connectivity index (χ1v) is 14.9. The molecule has 0 unspecified atom stereocenters. The molecule has 0 bridgehead atoms. The van der Waals surface area contributed by atoms with Crippen molar-refractivity contribution in [2.24, 2.45) is 0 Å². The summed E-state index contributed by atoms with van der Waals surface area (Å²) >= 11 is 7.47. The highest BCUT2D eigenvalue weighted by Crippen LogP contribution is 2.45. The first kappa shape index (κ1) is 27.3. The van der Waals surface area contributed by atoms with E-state index in [0.29, 0.717) is 45.6 Å². The van der Waals surface area contributed by atoms with Gasteiger partial charge in [0.15, 0.2) is 5.13 Å². The zero-order valence-corrected chi connectivity index (χ0v) is 24.3. The van der Waals surface area contributed by atoms with Crippen LogP contribution in [0.5, 0.6) is 11.5 Å². The molecule has 3 aromatic carbocycles. The number of nitrogens with zero attached hydrogens (tertiary/aromatic N) is 2. The highest BCUT2D eigenvalue weighted by molar-refractivity contribution is 7.22. The summed E-state index contributed by atoms with van der Waals surface area (Å²) in [6.45, 7) is 4.73. The molecule has 1 aromatic heterocycles. The normalized spacial score (nSPS) is 19.5. The number of Topliss-reactive ketones (excluding diaryl/α,β-unsaturated/α-hetero) is 1. The summed E-state index contributed by atoms with van der Waals surface area (Å²) in [5.74, 6) is -0.297. The Hall–Kier alpha value is -3.88. The number of halogens is 1. The van der Waals surface area contributed by atoms with Crippen molar-refractivity contribution in [3.05, 3.63) is 87.9 Å². The second-order valence-electron chi connectivity index (χ2n) is 10.4. The van der Waals surface area contributed by atoms with E-state index in [0.717, 1.165) is 35.3 Å². The number of hydrogen-bond acceptors (Lipinski definition) is 7. The number of hydrogen-bond donors (Lipinski definition) is 1. The SMILES string of the molecule is CCCCCOc1ccc([C@H]2C(=C(O)c3ccc4c(c3)C[C@H](C)O4)C(=O)C(=O)N2c2nc3ccc(Cl)cc3s2)cc1. The molecule has 1 saturated heterocycles. The van der Waals surface area contributed by atoms with E-state index in [4.69, 9.17) is 21.1 Å². The van der Waals surface area contributed by atoms with Gasteiger partial charge >= 0.3 is 5.91 Å². The molecule has 1 fully saturated rings. The molecule has 2 aliphatic rings. The highest BCUT2D eigenvalue weighted by Gasteiger charge is 2.48. The van der Waals surface area contributed by atoms with Gasteiger partial charge in [0.1, 0.15) is 23.4 Å².